The Morgan fingerprint density at radius 1 is 1.43 bits per heavy atom. The highest BCUT2D eigenvalue weighted by molar-refractivity contribution is 5.93. The molecule has 1 fully saturated rings. The summed E-state index contributed by atoms with van der Waals surface area (Å²) in [6, 6.07) is 5.08. The minimum Gasteiger partial charge on any atom is -0.462 e. The van der Waals surface area contributed by atoms with Gasteiger partial charge in [0.15, 0.2) is 0 Å². The molecular formula is C20H22N4O4. The molecule has 3 aromatic heterocycles. The van der Waals surface area contributed by atoms with Gasteiger partial charge in [0.1, 0.15) is 22.3 Å². The highest BCUT2D eigenvalue weighted by atomic mass is 16.5. The molecule has 0 bridgehead atoms. The number of pyridine rings is 2. The zero-order chi connectivity index (χ0) is 19.8. The van der Waals surface area contributed by atoms with E-state index in [0.717, 1.165) is 18.4 Å². The molecule has 0 radical (unpaired) electrons. The van der Waals surface area contributed by atoms with Gasteiger partial charge in [-0.15, -0.1) is 0 Å². The van der Waals surface area contributed by atoms with Crippen molar-refractivity contribution in [3.63, 3.8) is 0 Å². The minimum absolute atomic E-state index is 0.0220. The number of carbonyl (C=O) groups is 1. The number of aromatic nitrogens is 3. The molecule has 0 aromatic carbocycles. The van der Waals surface area contributed by atoms with E-state index in [1.165, 1.54) is 10.5 Å². The van der Waals surface area contributed by atoms with Crippen LogP contribution in [0.4, 0.5) is 0 Å². The average molecular weight is 382 g/mol. The number of nitrogens with zero attached hydrogens (tertiary/aromatic N) is 3. The van der Waals surface area contributed by atoms with Crippen molar-refractivity contribution in [2.24, 2.45) is 0 Å². The molecule has 0 spiro atoms. The van der Waals surface area contributed by atoms with Crippen LogP contribution in [0.3, 0.4) is 0 Å². The second-order valence-corrected chi connectivity index (χ2v) is 6.91. The molecule has 8 nitrogen and oxygen atoms in total. The summed E-state index contributed by atoms with van der Waals surface area (Å²) >= 11 is 0. The van der Waals surface area contributed by atoms with Gasteiger partial charge in [0.05, 0.1) is 24.6 Å². The van der Waals surface area contributed by atoms with Crippen LogP contribution in [0, 0.1) is 12.3 Å². The number of hydrogen-bond acceptors (Lipinski definition) is 6. The van der Waals surface area contributed by atoms with Crippen LogP contribution in [-0.4, -0.2) is 39.2 Å². The summed E-state index contributed by atoms with van der Waals surface area (Å²) in [6.45, 7) is 4.81. The monoisotopic (exact) mass is 382 g/mol. The lowest BCUT2D eigenvalue weighted by Crippen LogP contribution is -2.33. The lowest BCUT2D eigenvalue weighted by atomic mass is 10.2. The van der Waals surface area contributed by atoms with Crippen molar-refractivity contribution in [3.05, 3.63) is 51.4 Å². The molecule has 4 heterocycles. The van der Waals surface area contributed by atoms with E-state index < -0.39 is 5.97 Å². The van der Waals surface area contributed by atoms with Crippen molar-refractivity contribution in [1.29, 1.82) is 5.41 Å². The summed E-state index contributed by atoms with van der Waals surface area (Å²) in [5.41, 5.74) is 1.52. The van der Waals surface area contributed by atoms with Gasteiger partial charge in [-0.2, -0.15) is 0 Å². The molecule has 0 saturated carbocycles. The van der Waals surface area contributed by atoms with Gasteiger partial charge in [-0.05, 0) is 44.4 Å². The average Bonchev–Trinajstić information content (AvgIpc) is 3.18. The van der Waals surface area contributed by atoms with Crippen LogP contribution < -0.4 is 11.0 Å². The number of aryl methyl sites for hydroxylation is 1. The van der Waals surface area contributed by atoms with Crippen LogP contribution in [-0.2, 0) is 16.0 Å². The van der Waals surface area contributed by atoms with E-state index >= 15 is 0 Å². The topological polar surface area (TPSA) is 98.7 Å². The van der Waals surface area contributed by atoms with E-state index in [1.54, 1.807) is 23.8 Å². The lowest BCUT2D eigenvalue weighted by Gasteiger charge is -2.17. The third-order valence-electron chi connectivity index (χ3n) is 5.04. The number of rotatable bonds is 4. The molecular weight excluding hydrogens is 360 g/mol. The van der Waals surface area contributed by atoms with Gasteiger partial charge < -0.3 is 14.0 Å². The Morgan fingerprint density at radius 2 is 2.25 bits per heavy atom. The molecule has 3 aromatic rings. The summed E-state index contributed by atoms with van der Waals surface area (Å²) in [6.07, 6.45) is 3.39. The van der Waals surface area contributed by atoms with Gasteiger partial charge in [-0.1, -0.05) is 6.07 Å². The summed E-state index contributed by atoms with van der Waals surface area (Å²) in [5, 5.41) is 8.87. The lowest BCUT2D eigenvalue weighted by molar-refractivity contribution is 0.0521. The number of carbonyl (C=O) groups excluding carboxylic acids is 1. The largest absolute Gasteiger partial charge is 0.462 e. The number of nitrogens with one attached hydrogen (secondary N) is 1. The van der Waals surface area contributed by atoms with Gasteiger partial charge in [0.2, 0.25) is 0 Å². The van der Waals surface area contributed by atoms with Crippen molar-refractivity contribution < 1.29 is 14.3 Å². The first-order chi connectivity index (χ1) is 13.5. The van der Waals surface area contributed by atoms with Gasteiger partial charge in [0.25, 0.3) is 5.56 Å². The Kier molecular flexibility index (Phi) is 4.72. The molecule has 1 aliphatic heterocycles. The Hall–Kier alpha value is -3.00. The number of fused-ring (bicyclic) bond motifs is 2. The highest BCUT2D eigenvalue weighted by Gasteiger charge is 2.22. The second-order valence-electron chi connectivity index (χ2n) is 6.91. The molecule has 0 aliphatic carbocycles. The fraction of sp³-hybridized carbons (Fsp3) is 0.400. The molecule has 1 saturated heterocycles. The Morgan fingerprint density at radius 3 is 2.96 bits per heavy atom. The van der Waals surface area contributed by atoms with Crippen LogP contribution in [0.15, 0.2) is 29.2 Å². The van der Waals surface area contributed by atoms with E-state index in [9.17, 15) is 9.59 Å². The van der Waals surface area contributed by atoms with Gasteiger partial charge in [0, 0.05) is 12.8 Å². The second kappa shape index (κ2) is 7.20. The third-order valence-corrected chi connectivity index (χ3v) is 5.04. The molecule has 1 atom stereocenters. The summed E-state index contributed by atoms with van der Waals surface area (Å²) in [4.78, 5) is 30.2. The predicted molar refractivity (Wildman–Crippen MR) is 102 cm³/mol. The number of esters is 1. The van der Waals surface area contributed by atoms with Crippen LogP contribution >= 0.6 is 0 Å². The summed E-state index contributed by atoms with van der Waals surface area (Å²) in [5.74, 6) is -0.621. The molecule has 1 aliphatic rings. The molecule has 146 valence electrons. The number of hydrogen-bond donors (Lipinski definition) is 1. The van der Waals surface area contributed by atoms with Crippen molar-refractivity contribution in [2.45, 2.75) is 39.3 Å². The third kappa shape index (κ3) is 2.99. The maximum absolute atomic E-state index is 13.1. The smallest absolute Gasteiger partial charge is 0.341 e. The van der Waals surface area contributed by atoms with Crippen LogP contribution in [0.5, 0.6) is 0 Å². The molecule has 0 unspecified atom stereocenters. The standard InChI is InChI=1S/C20H22N4O4/c1-3-27-20(26)14-10-15-18(24(16(14)21)11-13-7-5-9-28-13)22-17-12(2)6-4-8-23(17)19(15)25/h4,6,8,10,13,21H,3,5,7,9,11H2,1-2H3/t13-/m0/s1. The van der Waals surface area contributed by atoms with Crippen LogP contribution in [0.2, 0.25) is 0 Å². The molecule has 1 N–H and O–H groups in total. The molecule has 8 heteroatoms. The van der Waals surface area contributed by atoms with E-state index in [2.05, 4.69) is 4.98 Å². The highest BCUT2D eigenvalue weighted by Crippen LogP contribution is 2.17. The summed E-state index contributed by atoms with van der Waals surface area (Å²) < 4.78 is 13.9. The zero-order valence-electron chi connectivity index (χ0n) is 15.9. The van der Waals surface area contributed by atoms with Gasteiger partial charge in [-0.25, -0.2) is 9.78 Å². The Labute approximate surface area is 160 Å². The fourth-order valence-corrected chi connectivity index (χ4v) is 3.63. The first-order valence-corrected chi connectivity index (χ1v) is 9.40. The first-order valence-electron chi connectivity index (χ1n) is 9.40. The maximum Gasteiger partial charge on any atom is 0.341 e. The summed E-state index contributed by atoms with van der Waals surface area (Å²) in [7, 11) is 0. The van der Waals surface area contributed by atoms with Crippen molar-refractivity contribution in [3.8, 4) is 0 Å². The van der Waals surface area contributed by atoms with Crippen molar-refractivity contribution in [2.75, 3.05) is 13.2 Å². The fourth-order valence-electron chi connectivity index (χ4n) is 3.63. The molecule has 28 heavy (non-hydrogen) atoms. The normalized spacial score (nSPS) is 16.7. The Bertz CT molecular complexity index is 1190. The van der Waals surface area contributed by atoms with Crippen LogP contribution in [0.25, 0.3) is 16.7 Å². The van der Waals surface area contributed by atoms with E-state index in [1.807, 2.05) is 13.0 Å². The Balaban J connectivity index is 2.06. The molecule has 0 amide bonds. The predicted octanol–water partition coefficient (Wildman–Crippen LogP) is 1.79. The van der Waals surface area contributed by atoms with Gasteiger partial charge in [-0.3, -0.25) is 14.6 Å². The SMILES string of the molecule is CCOC(=O)c1cc2c(=O)n3cccc(C)c3nc2n(C[C@@H]2CCCO2)c1=N. The quantitative estimate of drug-likeness (QED) is 0.548. The maximum atomic E-state index is 13.1. The first kappa shape index (κ1) is 18.4. The van der Waals surface area contributed by atoms with Crippen LogP contribution in [0.1, 0.15) is 35.7 Å². The number of ether oxygens (including phenoxy) is 2. The van der Waals surface area contributed by atoms with Crippen molar-refractivity contribution in [1.82, 2.24) is 14.0 Å². The van der Waals surface area contributed by atoms with E-state index in [0.29, 0.717) is 24.4 Å². The van der Waals surface area contributed by atoms with E-state index in [-0.39, 0.29) is 34.7 Å². The van der Waals surface area contributed by atoms with Crippen molar-refractivity contribution >= 4 is 22.6 Å². The minimum atomic E-state index is -0.621. The molecule has 4 rings (SSSR count). The zero-order valence-corrected chi connectivity index (χ0v) is 15.9. The van der Waals surface area contributed by atoms with Gasteiger partial charge >= 0.3 is 5.97 Å². The van der Waals surface area contributed by atoms with E-state index in [4.69, 9.17) is 14.9 Å².